The fourth-order valence-corrected chi connectivity index (χ4v) is 3.77. The van der Waals surface area contributed by atoms with Crippen molar-refractivity contribution in [1.29, 1.82) is 0 Å². The van der Waals surface area contributed by atoms with E-state index >= 15 is 0 Å². The molecule has 0 bridgehead atoms. The molecule has 16 heavy (non-hydrogen) atoms. The number of hydrogen-bond acceptors (Lipinski definition) is 1. The zero-order valence-corrected chi connectivity index (χ0v) is 11.4. The Balaban J connectivity index is 1.99. The van der Waals surface area contributed by atoms with Gasteiger partial charge in [-0.1, -0.05) is 33.6 Å². The summed E-state index contributed by atoms with van der Waals surface area (Å²) in [6.45, 7) is 8.48. The summed E-state index contributed by atoms with van der Waals surface area (Å²) in [5.74, 6) is 1.93. The topological polar surface area (TPSA) is 12.0 Å². The van der Waals surface area contributed by atoms with Crippen LogP contribution in [-0.2, 0) is 0 Å². The molecule has 2 rings (SSSR count). The second-order valence-electron chi connectivity index (χ2n) is 6.66. The molecule has 2 aliphatic rings. The summed E-state index contributed by atoms with van der Waals surface area (Å²) < 4.78 is 0. The zero-order chi connectivity index (χ0) is 11.6. The Morgan fingerprint density at radius 2 is 1.94 bits per heavy atom. The highest BCUT2D eigenvalue weighted by atomic mass is 14.9. The van der Waals surface area contributed by atoms with Gasteiger partial charge in [0.15, 0.2) is 0 Å². The third-order valence-corrected chi connectivity index (χ3v) is 5.06. The molecule has 1 heteroatoms. The number of rotatable bonds is 5. The molecule has 0 heterocycles. The molecule has 2 saturated carbocycles. The quantitative estimate of drug-likeness (QED) is 0.743. The normalized spacial score (nSPS) is 31.3. The van der Waals surface area contributed by atoms with Crippen LogP contribution in [0.1, 0.15) is 65.7 Å². The average Bonchev–Trinajstić information content (AvgIpc) is 2.49. The lowest BCUT2D eigenvalue weighted by atomic mass is 9.68. The molecule has 0 aromatic heterocycles. The second kappa shape index (κ2) is 5.08. The highest BCUT2D eigenvalue weighted by Crippen LogP contribution is 2.48. The Labute approximate surface area is 101 Å². The van der Waals surface area contributed by atoms with Crippen LogP contribution in [-0.4, -0.2) is 12.6 Å². The Morgan fingerprint density at radius 3 is 2.38 bits per heavy atom. The van der Waals surface area contributed by atoms with E-state index in [4.69, 9.17) is 0 Å². The summed E-state index contributed by atoms with van der Waals surface area (Å²) in [6.07, 6.45) is 10.1. The minimum Gasteiger partial charge on any atom is -0.313 e. The van der Waals surface area contributed by atoms with E-state index in [1.807, 2.05) is 0 Å². The van der Waals surface area contributed by atoms with Crippen LogP contribution in [0.15, 0.2) is 0 Å². The monoisotopic (exact) mass is 223 g/mol. The second-order valence-corrected chi connectivity index (χ2v) is 6.66. The van der Waals surface area contributed by atoms with Crippen molar-refractivity contribution in [2.75, 3.05) is 6.54 Å². The van der Waals surface area contributed by atoms with Gasteiger partial charge in [-0.2, -0.15) is 0 Å². The summed E-state index contributed by atoms with van der Waals surface area (Å²) in [7, 11) is 0. The van der Waals surface area contributed by atoms with Gasteiger partial charge in [-0.15, -0.1) is 0 Å². The summed E-state index contributed by atoms with van der Waals surface area (Å²) in [6, 6.07) is 0.825. The van der Waals surface area contributed by atoms with Crippen LogP contribution < -0.4 is 5.32 Å². The third kappa shape index (κ3) is 2.45. The summed E-state index contributed by atoms with van der Waals surface area (Å²) >= 11 is 0. The molecule has 0 aromatic rings. The van der Waals surface area contributed by atoms with Crippen LogP contribution >= 0.6 is 0 Å². The SMILES string of the molecule is CCCNC(C1CCC1)C1CCCC1(C)C. The third-order valence-electron chi connectivity index (χ3n) is 5.06. The first-order chi connectivity index (χ1) is 7.65. The van der Waals surface area contributed by atoms with Gasteiger partial charge >= 0.3 is 0 Å². The zero-order valence-electron chi connectivity index (χ0n) is 11.4. The molecule has 0 spiro atoms. The molecule has 0 aliphatic heterocycles. The van der Waals surface area contributed by atoms with Crippen LogP contribution in [0.25, 0.3) is 0 Å². The first-order valence-electron chi connectivity index (χ1n) is 7.38. The average molecular weight is 223 g/mol. The van der Waals surface area contributed by atoms with Crippen molar-refractivity contribution in [1.82, 2.24) is 5.32 Å². The fourth-order valence-electron chi connectivity index (χ4n) is 3.77. The summed E-state index contributed by atoms with van der Waals surface area (Å²) in [5.41, 5.74) is 0.584. The van der Waals surface area contributed by atoms with E-state index in [9.17, 15) is 0 Å². The van der Waals surface area contributed by atoms with E-state index < -0.39 is 0 Å². The molecule has 2 fully saturated rings. The maximum absolute atomic E-state index is 3.87. The molecule has 0 radical (unpaired) electrons. The van der Waals surface area contributed by atoms with Gasteiger partial charge in [0.2, 0.25) is 0 Å². The highest BCUT2D eigenvalue weighted by molar-refractivity contribution is 4.96. The lowest BCUT2D eigenvalue weighted by Gasteiger charge is -2.43. The van der Waals surface area contributed by atoms with Gasteiger partial charge in [0.1, 0.15) is 0 Å². The van der Waals surface area contributed by atoms with Gasteiger partial charge < -0.3 is 5.32 Å². The smallest absolute Gasteiger partial charge is 0.0129 e. The largest absolute Gasteiger partial charge is 0.313 e. The van der Waals surface area contributed by atoms with Crippen LogP contribution in [0, 0.1) is 17.3 Å². The van der Waals surface area contributed by atoms with E-state index in [0.29, 0.717) is 5.41 Å². The maximum atomic E-state index is 3.87. The Hall–Kier alpha value is -0.0400. The predicted octanol–water partition coefficient (Wildman–Crippen LogP) is 3.98. The fraction of sp³-hybridized carbons (Fsp3) is 1.00. The Bertz CT molecular complexity index is 217. The molecule has 2 unspecified atom stereocenters. The van der Waals surface area contributed by atoms with Crippen LogP contribution in [0.4, 0.5) is 0 Å². The van der Waals surface area contributed by atoms with Gasteiger partial charge in [0, 0.05) is 6.04 Å². The van der Waals surface area contributed by atoms with E-state index in [-0.39, 0.29) is 0 Å². The van der Waals surface area contributed by atoms with E-state index in [1.165, 1.54) is 51.5 Å². The Kier molecular flexibility index (Phi) is 3.94. The van der Waals surface area contributed by atoms with Gasteiger partial charge in [0.05, 0.1) is 0 Å². The minimum atomic E-state index is 0.584. The van der Waals surface area contributed by atoms with Crippen molar-refractivity contribution in [3.05, 3.63) is 0 Å². The molecule has 0 amide bonds. The van der Waals surface area contributed by atoms with E-state index in [0.717, 1.165) is 17.9 Å². The first-order valence-corrected chi connectivity index (χ1v) is 7.38. The van der Waals surface area contributed by atoms with Crippen molar-refractivity contribution in [3.8, 4) is 0 Å². The molecule has 1 nitrogen and oxygen atoms in total. The van der Waals surface area contributed by atoms with Crippen molar-refractivity contribution < 1.29 is 0 Å². The minimum absolute atomic E-state index is 0.584. The highest BCUT2D eigenvalue weighted by Gasteiger charge is 2.43. The van der Waals surface area contributed by atoms with Gasteiger partial charge in [0.25, 0.3) is 0 Å². The van der Waals surface area contributed by atoms with Crippen LogP contribution in [0.2, 0.25) is 0 Å². The van der Waals surface area contributed by atoms with Gasteiger partial charge in [-0.05, 0) is 55.9 Å². The molecular weight excluding hydrogens is 194 g/mol. The van der Waals surface area contributed by atoms with E-state index in [1.54, 1.807) is 0 Å². The first kappa shape index (κ1) is 12.4. The summed E-state index contributed by atoms with van der Waals surface area (Å²) in [4.78, 5) is 0. The molecule has 2 aliphatic carbocycles. The lowest BCUT2D eigenvalue weighted by molar-refractivity contribution is 0.111. The van der Waals surface area contributed by atoms with Crippen LogP contribution in [0.5, 0.6) is 0 Å². The van der Waals surface area contributed by atoms with Crippen molar-refractivity contribution in [3.63, 3.8) is 0 Å². The molecule has 94 valence electrons. The van der Waals surface area contributed by atoms with Crippen molar-refractivity contribution in [2.45, 2.75) is 71.8 Å². The molecular formula is C15H29N. The molecule has 0 aromatic carbocycles. The number of hydrogen-bond donors (Lipinski definition) is 1. The standard InChI is InChI=1S/C15H29N/c1-4-11-16-14(12-7-5-8-12)13-9-6-10-15(13,2)3/h12-14,16H,4-11H2,1-3H3. The lowest BCUT2D eigenvalue weighted by Crippen LogP contribution is -2.48. The molecule has 1 N–H and O–H groups in total. The van der Waals surface area contributed by atoms with Crippen molar-refractivity contribution >= 4 is 0 Å². The molecule has 2 atom stereocenters. The number of nitrogens with one attached hydrogen (secondary N) is 1. The Morgan fingerprint density at radius 1 is 1.19 bits per heavy atom. The van der Waals surface area contributed by atoms with Gasteiger partial charge in [-0.3, -0.25) is 0 Å². The maximum Gasteiger partial charge on any atom is 0.0129 e. The van der Waals surface area contributed by atoms with E-state index in [2.05, 4.69) is 26.1 Å². The predicted molar refractivity (Wildman–Crippen MR) is 70.5 cm³/mol. The van der Waals surface area contributed by atoms with Crippen LogP contribution in [0.3, 0.4) is 0 Å². The summed E-state index contributed by atoms with van der Waals surface area (Å²) in [5, 5.41) is 3.87. The van der Waals surface area contributed by atoms with Gasteiger partial charge in [-0.25, -0.2) is 0 Å². The molecule has 0 saturated heterocycles. The van der Waals surface area contributed by atoms with Crippen molar-refractivity contribution in [2.24, 2.45) is 17.3 Å².